The smallest absolute Gasteiger partial charge is 0.311 e. The lowest BCUT2D eigenvalue weighted by atomic mass is 9.88. The van der Waals surface area contributed by atoms with Crippen LogP contribution in [0.4, 0.5) is 5.69 Å². The van der Waals surface area contributed by atoms with Crippen LogP contribution in [0.1, 0.15) is 35.6 Å². The van der Waals surface area contributed by atoms with Crippen LogP contribution in [-0.4, -0.2) is 41.1 Å². The third-order valence-corrected chi connectivity index (χ3v) is 6.61. The van der Waals surface area contributed by atoms with Gasteiger partial charge in [0, 0.05) is 47.6 Å². The molecule has 0 bridgehead atoms. The highest BCUT2D eigenvalue weighted by molar-refractivity contribution is 6.34. The Labute approximate surface area is 213 Å². The summed E-state index contributed by atoms with van der Waals surface area (Å²) < 4.78 is 0. The number of nitrogens with zero attached hydrogens (tertiary/aromatic N) is 4. The van der Waals surface area contributed by atoms with Crippen LogP contribution in [0, 0.1) is 10.9 Å². The number of nitrogens with two attached hydrogens (primary N) is 1. The Morgan fingerprint density at radius 1 is 1.17 bits per heavy atom. The van der Waals surface area contributed by atoms with E-state index in [1.165, 1.54) is 10.5 Å². The van der Waals surface area contributed by atoms with Gasteiger partial charge in [0.1, 0.15) is 6.34 Å². The van der Waals surface area contributed by atoms with Gasteiger partial charge in [0.05, 0.1) is 5.69 Å². The average Bonchev–Trinajstić information content (AvgIpc) is 2.90. The molecule has 10 heteroatoms. The number of rotatable bonds is 7. The highest BCUT2D eigenvalue weighted by Crippen LogP contribution is 2.33. The molecule has 2 aromatic carbocycles. The first-order valence-corrected chi connectivity index (χ1v) is 11.9. The van der Waals surface area contributed by atoms with Gasteiger partial charge in [0.2, 0.25) is 0 Å². The number of hydrogen-bond acceptors (Lipinski definition) is 6. The van der Waals surface area contributed by atoms with Gasteiger partial charge in [-0.1, -0.05) is 47.2 Å². The number of carbonyl (C=O) groups excluding carboxylic acids is 2. The molecule has 4 rings (SSSR count). The summed E-state index contributed by atoms with van der Waals surface area (Å²) in [6.07, 6.45) is 4.95. The number of anilines is 1. The van der Waals surface area contributed by atoms with Gasteiger partial charge in [0.15, 0.2) is 0 Å². The Balaban J connectivity index is 1.47. The zero-order chi connectivity index (χ0) is 25.7. The van der Waals surface area contributed by atoms with E-state index >= 15 is 0 Å². The van der Waals surface area contributed by atoms with Crippen LogP contribution in [0.3, 0.4) is 0 Å². The van der Waals surface area contributed by atoms with Crippen LogP contribution in [0.2, 0.25) is 5.02 Å². The van der Waals surface area contributed by atoms with E-state index in [1.807, 2.05) is 18.2 Å². The SMILES string of the molecule is N=CN(N=N)c1ccc(Cl)cc1-c1ccc(Cc2cccc(C3CCN(C(=O)C(N)=O)CC3)c2)nc1. The maximum absolute atomic E-state index is 11.8. The summed E-state index contributed by atoms with van der Waals surface area (Å²) in [4.78, 5) is 29.1. The second-order valence-electron chi connectivity index (χ2n) is 8.63. The van der Waals surface area contributed by atoms with Gasteiger partial charge in [-0.05, 0) is 54.2 Å². The maximum atomic E-state index is 11.8. The molecule has 1 saturated heterocycles. The molecule has 184 valence electrons. The van der Waals surface area contributed by atoms with Gasteiger partial charge in [-0.15, -0.1) is 0 Å². The maximum Gasteiger partial charge on any atom is 0.311 e. The first-order chi connectivity index (χ1) is 17.4. The topological polar surface area (TPSA) is 140 Å². The summed E-state index contributed by atoms with van der Waals surface area (Å²) in [5.41, 5.74) is 17.8. The standard InChI is InChI=1S/C26H26ClN7O2/c27-21-5-7-24(34(16-28)32-30)23(14-21)20-4-6-22(31-15-20)13-17-2-1-3-19(12-17)18-8-10-33(11-9-18)26(36)25(29)35/h1-7,12,14-16,18,28,30H,8-11,13H2,(H2,29,35). The van der Waals surface area contributed by atoms with Crippen molar-refractivity contribution in [3.8, 4) is 11.1 Å². The predicted molar refractivity (Wildman–Crippen MR) is 138 cm³/mol. The first-order valence-electron chi connectivity index (χ1n) is 11.5. The van der Waals surface area contributed by atoms with E-state index < -0.39 is 11.8 Å². The normalized spacial score (nSPS) is 13.8. The van der Waals surface area contributed by atoms with Gasteiger partial charge in [-0.3, -0.25) is 20.0 Å². The van der Waals surface area contributed by atoms with Crippen molar-refractivity contribution < 1.29 is 9.59 Å². The first kappa shape index (κ1) is 25.0. The molecule has 9 nitrogen and oxygen atoms in total. The molecule has 3 aromatic rings. The molecule has 0 unspecified atom stereocenters. The zero-order valence-corrected chi connectivity index (χ0v) is 20.3. The number of halogens is 1. The number of likely N-dealkylation sites (tertiary alicyclic amines) is 1. The van der Waals surface area contributed by atoms with Crippen molar-refractivity contribution in [1.82, 2.24) is 9.88 Å². The lowest BCUT2D eigenvalue weighted by Gasteiger charge is -2.31. The third kappa shape index (κ3) is 5.58. The van der Waals surface area contributed by atoms with Gasteiger partial charge >= 0.3 is 11.8 Å². The van der Waals surface area contributed by atoms with Crippen LogP contribution in [0.5, 0.6) is 0 Å². The third-order valence-electron chi connectivity index (χ3n) is 6.37. The number of nitrogens with one attached hydrogen (secondary N) is 2. The molecular weight excluding hydrogens is 478 g/mol. The summed E-state index contributed by atoms with van der Waals surface area (Å²) in [6.45, 7) is 1.04. The van der Waals surface area contributed by atoms with Crippen LogP contribution in [-0.2, 0) is 16.0 Å². The number of carbonyl (C=O) groups is 2. The quantitative estimate of drug-likeness (QED) is 0.143. The monoisotopic (exact) mass is 503 g/mol. The van der Waals surface area contributed by atoms with Crippen molar-refractivity contribution in [2.24, 2.45) is 11.0 Å². The fraction of sp³-hybridized carbons (Fsp3) is 0.231. The molecule has 1 aliphatic heterocycles. The van der Waals surface area contributed by atoms with E-state index in [9.17, 15) is 9.59 Å². The number of pyridine rings is 1. The Morgan fingerprint density at radius 2 is 1.94 bits per heavy atom. The van der Waals surface area contributed by atoms with Gasteiger partial charge in [-0.2, -0.15) is 5.53 Å². The number of hydrogen-bond donors (Lipinski definition) is 3. The minimum absolute atomic E-state index is 0.317. The Hall–Kier alpha value is -4.11. The number of amides is 2. The molecule has 1 aromatic heterocycles. The number of benzene rings is 2. The van der Waals surface area contributed by atoms with Gasteiger partial charge in [0.25, 0.3) is 0 Å². The lowest BCUT2D eigenvalue weighted by Crippen LogP contribution is -2.44. The molecular formula is C26H26ClN7O2. The second kappa shape index (κ2) is 11.1. The number of primary amides is 1. The Morgan fingerprint density at radius 3 is 2.58 bits per heavy atom. The molecule has 2 amide bonds. The van der Waals surface area contributed by atoms with E-state index in [1.54, 1.807) is 24.4 Å². The predicted octanol–water partition coefficient (Wildman–Crippen LogP) is 4.54. The highest BCUT2D eigenvalue weighted by Gasteiger charge is 2.26. The molecule has 0 radical (unpaired) electrons. The fourth-order valence-electron chi connectivity index (χ4n) is 4.52. The number of piperidine rings is 1. The minimum atomic E-state index is -0.904. The van der Waals surface area contributed by atoms with E-state index in [0.717, 1.165) is 46.6 Å². The van der Waals surface area contributed by atoms with Crippen molar-refractivity contribution in [2.45, 2.75) is 25.2 Å². The molecule has 36 heavy (non-hydrogen) atoms. The zero-order valence-electron chi connectivity index (χ0n) is 19.5. The molecule has 1 aliphatic rings. The van der Waals surface area contributed by atoms with Gasteiger partial charge < -0.3 is 10.6 Å². The van der Waals surface area contributed by atoms with Crippen LogP contribution >= 0.6 is 11.6 Å². The highest BCUT2D eigenvalue weighted by atomic mass is 35.5. The summed E-state index contributed by atoms with van der Waals surface area (Å²) in [5.74, 6) is -1.20. The van der Waals surface area contributed by atoms with Gasteiger partial charge in [-0.25, -0.2) is 5.01 Å². The molecule has 0 aliphatic carbocycles. The lowest BCUT2D eigenvalue weighted by molar-refractivity contribution is -0.144. The van der Waals surface area contributed by atoms with Crippen LogP contribution in [0.15, 0.2) is 66.0 Å². The van der Waals surface area contributed by atoms with E-state index in [4.69, 9.17) is 28.3 Å². The summed E-state index contributed by atoms with van der Waals surface area (Å²) in [7, 11) is 0. The Bertz CT molecular complexity index is 1280. The average molecular weight is 504 g/mol. The van der Waals surface area contributed by atoms with E-state index in [-0.39, 0.29) is 0 Å². The van der Waals surface area contributed by atoms with Crippen molar-refractivity contribution in [3.05, 3.63) is 82.6 Å². The minimum Gasteiger partial charge on any atom is -0.361 e. The molecule has 4 N–H and O–H groups in total. The largest absolute Gasteiger partial charge is 0.361 e. The van der Waals surface area contributed by atoms with Crippen molar-refractivity contribution in [1.29, 1.82) is 10.9 Å². The van der Waals surface area contributed by atoms with Crippen LogP contribution in [0.25, 0.3) is 11.1 Å². The molecule has 0 spiro atoms. The molecule has 1 fully saturated rings. The van der Waals surface area contributed by atoms with Crippen molar-refractivity contribution in [2.75, 3.05) is 18.1 Å². The Kier molecular flexibility index (Phi) is 7.70. The van der Waals surface area contributed by atoms with Crippen LogP contribution < -0.4 is 10.7 Å². The summed E-state index contributed by atoms with van der Waals surface area (Å²) >= 11 is 6.20. The number of aromatic nitrogens is 1. The molecule has 0 atom stereocenters. The molecule has 2 heterocycles. The van der Waals surface area contributed by atoms with Crippen molar-refractivity contribution in [3.63, 3.8) is 0 Å². The molecule has 0 saturated carbocycles. The van der Waals surface area contributed by atoms with Crippen molar-refractivity contribution >= 4 is 35.4 Å². The summed E-state index contributed by atoms with van der Waals surface area (Å²) in [5, 5.41) is 12.6. The van der Waals surface area contributed by atoms with E-state index in [2.05, 4.69) is 28.4 Å². The summed E-state index contributed by atoms with van der Waals surface area (Å²) in [6, 6.07) is 17.5. The second-order valence-corrected chi connectivity index (χ2v) is 9.06. The fourth-order valence-corrected chi connectivity index (χ4v) is 4.69. The van der Waals surface area contributed by atoms with E-state index in [0.29, 0.717) is 36.1 Å².